The fourth-order valence-corrected chi connectivity index (χ4v) is 7.83. The lowest BCUT2D eigenvalue weighted by Gasteiger charge is -2.36. The molecule has 0 spiro atoms. The normalized spacial score (nSPS) is 20.9. The van der Waals surface area contributed by atoms with Gasteiger partial charge in [0.05, 0.1) is 16.6 Å². The van der Waals surface area contributed by atoms with Crippen molar-refractivity contribution in [3.8, 4) is 17.3 Å². The predicted molar refractivity (Wildman–Crippen MR) is 167 cm³/mol. The van der Waals surface area contributed by atoms with Crippen LogP contribution in [-0.2, 0) is 6.42 Å². The Morgan fingerprint density at radius 2 is 1.81 bits per heavy atom. The molecule has 3 fully saturated rings. The summed E-state index contributed by atoms with van der Waals surface area (Å²) in [4.78, 5) is 19.5. The molecule has 7 nitrogen and oxygen atoms in total. The minimum Gasteiger partial charge on any atom is -0.461 e. The van der Waals surface area contributed by atoms with Crippen LogP contribution in [0.4, 0.5) is 14.6 Å². The van der Waals surface area contributed by atoms with E-state index in [9.17, 15) is 4.39 Å². The molecule has 0 bridgehead atoms. The van der Waals surface area contributed by atoms with Crippen molar-refractivity contribution in [2.45, 2.75) is 70.9 Å². The van der Waals surface area contributed by atoms with Crippen LogP contribution in [0, 0.1) is 18.6 Å². The van der Waals surface area contributed by atoms with E-state index in [1.165, 1.54) is 18.9 Å². The molecule has 1 N–H and O–H groups in total. The second kappa shape index (κ2) is 11.2. The molecular weight excluding hydrogens is 546 g/mol. The van der Waals surface area contributed by atoms with E-state index in [4.69, 9.17) is 19.7 Å². The molecule has 2 aromatic heterocycles. The van der Waals surface area contributed by atoms with Crippen LogP contribution in [0.2, 0.25) is 0 Å². The van der Waals surface area contributed by atoms with Crippen molar-refractivity contribution in [3.63, 3.8) is 0 Å². The molecule has 4 aromatic rings. The number of benzene rings is 2. The van der Waals surface area contributed by atoms with Gasteiger partial charge in [0.2, 0.25) is 0 Å². The lowest BCUT2D eigenvalue weighted by molar-refractivity contribution is 0.108. The van der Waals surface area contributed by atoms with E-state index >= 15 is 4.39 Å². The van der Waals surface area contributed by atoms with Crippen LogP contribution < -0.4 is 15.0 Å². The molecule has 6 heterocycles. The molecule has 2 aromatic carbocycles. The van der Waals surface area contributed by atoms with Gasteiger partial charge in [0.25, 0.3) is 0 Å². The third kappa shape index (κ3) is 4.63. The van der Waals surface area contributed by atoms with Gasteiger partial charge in [0.15, 0.2) is 5.82 Å². The van der Waals surface area contributed by atoms with Crippen LogP contribution >= 0.6 is 0 Å². The van der Waals surface area contributed by atoms with Crippen LogP contribution in [0.5, 0.6) is 6.01 Å². The van der Waals surface area contributed by atoms with Crippen molar-refractivity contribution in [1.82, 2.24) is 25.2 Å². The number of fused-ring (bicyclic) bond motifs is 4. The third-order valence-corrected chi connectivity index (χ3v) is 9.93. The zero-order valence-electron chi connectivity index (χ0n) is 25.3. The van der Waals surface area contributed by atoms with E-state index in [0.29, 0.717) is 40.7 Å². The summed E-state index contributed by atoms with van der Waals surface area (Å²) in [5.41, 5.74) is 2.32. The monoisotopic (exact) mass is 586 g/mol. The quantitative estimate of drug-likeness (QED) is 0.306. The molecule has 9 heteroatoms. The second-order valence-corrected chi connectivity index (χ2v) is 12.1. The highest BCUT2D eigenvalue weighted by Crippen LogP contribution is 2.42. The predicted octanol–water partition coefficient (Wildman–Crippen LogP) is 6.19. The summed E-state index contributed by atoms with van der Waals surface area (Å²) in [5.74, 6) is -0.112. The van der Waals surface area contributed by atoms with Crippen LogP contribution in [0.1, 0.15) is 57.2 Å². The standard InChI is InChI=1S/C32H34F2N6O.C2H6/c1-19-23(33)9-7-20-5-2-6-22(25(19)20)28-27(34)29-26-24(36-28)10-8-21-17-35-13-16-40(21)30(26)38-31(37-29)41-18-32-11-3-14-39(32)15-4-12-32;1-2/h2,5-7,9,21,35H,3-4,8,10-18H2,1H3;1-2H3. The molecule has 4 aliphatic heterocycles. The minimum atomic E-state index is -0.511. The van der Waals surface area contributed by atoms with E-state index in [0.717, 1.165) is 63.1 Å². The Kier molecular flexibility index (Phi) is 7.42. The molecule has 0 saturated carbocycles. The first-order chi connectivity index (χ1) is 21.0. The van der Waals surface area contributed by atoms with Gasteiger partial charge in [0.1, 0.15) is 29.5 Å². The molecule has 3 saturated heterocycles. The molecule has 4 aliphatic rings. The highest BCUT2D eigenvalue weighted by atomic mass is 19.1. The average Bonchev–Trinajstić information content (AvgIpc) is 3.58. The molecule has 0 radical (unpaired) electrons. The van der Waals surface area contributed by atoms with Crippen molar-refractivity contribution >= 4 is 27.5 Å². The number of nitrogens with one attached hydrogen (secondary N) is 1. The van der Waals surface area contributed by atoms with E-state index in [-0.39, 0.29) is 34.6 Å². The van der Waals surface area contributed by atoms with Crippen LogP contribution in [0.15, 0.2) is 30.3 Å². The fourth-order valence-electron chi connectivity index (χ4n) is 7.83. The molecule has 0 amide bonds. The largest absolute Gasteiger partial charge is 0.461 e. The summed E-state index contributed by atoms with van der Waals surface area (Å²) in [6.07, 6.45) is 6.11. The maximum absolute atomic E-state index is 16.8. The Balaban J connectivity index is 0.00000147. The molecule has 8 rings (SSSR count). The molecule has 1 atom stereocenters. The highest BCUT2D eigenvalue weighted by Gasteiger charge is 2.45. The zero-order chi connectivity index (χ0) is 29.7. The number of halogens is 2. The van der Waals surface area contributed by atoms with Gasteiger partial charge < -0.3 is 15.0 Å². The van der Waals surface area contributed by atoms with Gasteiger partial charge in [0, 0.05) is 31.2 Å². The van der Waals surface area contributed by atoms with Crippen LogP contribution in [0.25, 0.3) is 32.9 Å². The average molecular weight is 587 g/mol. The lowest BCUT2D eigenvalue weighted by Crippen LogP contribution is -2.51. The van der Waals surface area contributed by atoms with Crippen molar-refractivity contribution < 1.29 is 13.5 Å². The SMILES string of the molecule is CC.Cc1c(F)ccc2cccc(-c3nc4c5c(nc(OCC67CCCN6CCC7)nc5c3F)N3CCNCC3CC4)c12. The van der Waals surface area contributed by atoms with Gasteiger partial charge in [-0.1, -0.05) is 38.1 Å². The Morgan fingerprint density at radius 3 is 2.63 bits per heavy atom. The van der Waals surface area contributed by atoms with Crippen molar-refractivity contribution in [3.05, 3.63) is 53.2 Å². The third-order valence-electron chi connectivity index (χ3n) is 9.93. The number of hydrogen-bond acceptors (Lipinski definition) is 7. The van der Waals surface area contributed by atoms with E-state index in [1.807, 2.05) is 32.0 Å². The van der Waals surface area contributed by atoms with Crippen molar-refractivity contribution in [2.75, 3.05) is 44.2 Å². The summed E-state index contributed by atoms with van der Waals surface area (Å²) in [6.45, 7) is 10.9. The number of piperazine rings is 1. The number of pyridine rings is 1. The van der Waals surface area contributed by atoms with Crippen molar-refractivity contribution in [1.29, 1.82) is 0 Å². The number of hydrogen-bond donors (Lipinski definition) is 1. The Bertz CT molecular complexity index is 1680. The van der Waals surface area contributed by atoms with Gasteiger partial charge in [-0.15, -0.1) is 0 Å². The second-order valence-electron chi connectivity index (χ2n) is 12.1. The first kappa shape index (κ1) is 28.3. The lowest BCUT2D eigenvalue weighted by atomic mass is 9.95. The van der Waals surface area contributed by atoms with Gasteiger partial charge in [-0.2, -0.15) is 9.97 Å². The van der Waals surface area contributed by atoms with E-state index in [2.05, 4.69) is 15.1 Å². The first-order valence-corrected chi connectivity index (χ1v) is 16.0. The van der Waals surface area contributed by atoms with Gasteiger partial charge in [-0.3, -0.25) is 4.90 Å². The highest BCUT2D eigenvalue weighted by molar-refractivity contribution is 6.01. The van der Waals surface area contributed by atoms with Crippen LogP contribution in [-0.4, -0.2) is 70.8 Å². The van der Waals surface area contributed by atoms with E-state index in [1.54, 1.807) is 13.0 Å². The van der Waals surface area contributed by atoms with Gasteiger partial charge in [-0.05, 0) is 80.9 Å². The number of nitrogens with zero attached hydrogens (tertiary/aromatic N) is 5. The topological polar surface area (TPSA) is 66.4 Å². The molecule has 1 unspecified atom stereocenters. The summed E-state index contributed by atoms with van der Waals surface area (Å²) < 4.78 is 37.9. The summed E-state index contributed by atoms with van der Waals surface area (Å²) in [6, 6.07) is 9.27. The smallest absolute Gasteiger partial charge is 0.319 e. The maximum Gasteiger partial charge on any atom is 0.319 e. The molecular formula is C34H40F2N6O. The summed E-state index contributed by atoms with van der Waals surface area (Å²) in [5, 5.41) is 5.70. The number of rotatable bonds is 4. The fraction of sp³-hybridized carbons (Fsp3) is 0.500. The number of anilines is 1. The zero-order valence-corrected chi connectivity index (χ0v) is 25.3. The number of aromatic nitrogens is 3. The van der Waals surface area contributed by atoms with Gasteiger partial charge >= 0.3 is 6.01 Å². The number of ether oxygens (including phenoxy) is 1. The van der Waals surface area contributed by atoms with Crippen molar-refractivity contribution in [2.24, 2.45) is 0 Å². The van der Waals surface area contributed by atoms with Crippen LogP contribution in [0.3, 0.4) is 0 Å². The van der Waals surface area contributed by atoms with Gasteiger partial charge in [-0.25, -0.2) is 13.8 Å². The minimum absolute atomic E-state index is 0.0294. The van der Waals surface area contributed by atoms with E-state index < -0.39 is 5.82 Å². The summed E-state index contributed by atoms with van der Waals surface area (Å²) >= 11 is 0. The maximum atomic E-state index is 16.8. The Morgan fingerprint density at radius 1 is 1.00 bits per heavy atom. The number of aryl methyl sites for hydroxylation is 2. The first-order valence-electron chi connectivity index (χ1n) is 16.0. The Labute approximate surface area is 251 Å². The summed E-state index contributed by atoms with van der Waals surface area (Å²) in [7, 11) is 0. The Hall–Kier alpha value is -3.43. The molecule has 43 heavy (non-hydrogen) atoms. The molecule has 0 aliphatic carbocycles. The molecule has 226 valence electrons.